The summed E-state index contributed by atoms with van der Waals surface area (Å²) in [7, 11) is 1.74. The number of nitrogens with one attached hydrogen (secondary N) is 1. The largest absolute Gasteiger partial charge is 0.433 e. The fourth-order valence-electron chi connectivity index (χ4n) is 1.69. The molecule has 0 fully saturated rings. The number of carbonyl (C=O) groups excluding carboxylic acids is 1. The van der Waals surface area contributed by atoms with Crippen LogP contribution in [0.1, 0.15) is 13.3 Å². The maximum atomic E-state index is 12.3. The zero-order valence-corrected chi connectivity index (χ0v) is 12.1. The van der Waals surface area contributed by atoms with E-state index in [2.05, 4.69) is 10.1 Å². The molecule has 1 rings (SSSR count). The number of benzene rings is 1. The monoisotopic (exact) mass is 302 g/mol. The van der Waals surface area contributed by atoms with Gasteiger partial charge in [0.1, 0.15) is 5.75 Å². The fourth-order valence-corrected chi connectivity index (χ4v) is 1.69. The summed E-state index contributed by atoms with van der Waals surface area (Å²) < 4.78 is 28.8. The van der Waals surface area contributed by atoms with Crippen molar-refractivity contribution in [3.63, 3.8) is 0 Å². The molecule has 0 aromatic heterocycles. The average Bonchev–Trinajstić information content (AvgIpc) is 2.38. The van der Waals surface area contributed by atoms with Gasteiger partial charge < -0.3 is 15.2 Å². The van der Waals surface area contributed by atoms with Crippen LogP contribution in [-0.4, -0.2) is 48.8 Å². The van der Waals surface area contributed by atoms with Gasteiger partial charge in [0.15, 0.2) is 0 Å². The maximum absolute atomic E-state index is 12.3. The van der Waals surface area contributed by atoms with Gasteiger partial charge in [-0.05, 0) is 32.5 Å². The predicted molar refractivity (Wildman–Crippen MR) is 75.5 cm³/mol. The lowest BCUT2D eigenvalue weighted by molar-refractivity contribution is -0.117. The van der Waals surface area contributed by atoms with Crippen LogP contribution in [0, 0.1) is 0 Å². The number of nitrogens with zero attached hydrogens (tertiary/aromatic N) is 1. The highest BCUT2D eigenvalue weighted by Gasteiger charge is 2.13. The first-order valence-electron chi connectivity index (χ1n) is 6.58. The van der Waals surface area contributed by atoms with Crippen molar-refractivity contribution in [2.75, 3.05) is 25.5 Å². The van der Waals surface area contributed by atoms with Crippen molar-refractivity contribution < 1.29 is 23.4 Å². The Bertz CT molecular complexity index is 456. The van der Waals surface area contributed by atoms with Gasteiger partial charge in [-0.3, -0.25) is 9.69 Å². The van der Waals surface area contributed by atoms with Gasteiger partial charge in [-0.1, -0.05) is 12.1 Å². The quantitative estimate of drug-likeness (QED) is 0.770. The molecule has 1 unspecified atom stereocenters. The van der Waals surface area contributed by atoms with E-state index in [9.17, 15) is 18.7 Å². The maximum Gasteiger partial charge on any atom is 0.387 e. The number of alkyl halides is 2. The first kappa shape index (κ1) is 17.3. The van der Waals surface area contributed by atoms with E-state index in [0.717, 1.165) is 0 Å². The Labute approximate surface area is 122 Å². The van der Waals surface area contributed by atoms with E-state index >= 15 is 0 Å². The Morgan fingerprint density at radius 2 is 2.10 bits per heavy atom. The number of hydrogen-bond donors (Lipinski definition) is 2. The van der Waals surface area contributed by atoms with Crippen molar-refractivity contribution in [1.82, 2.24) is 4.90 Å². The smallest absolute Gasteiger partial charge is 0.387 e. The van der Waals surface area contributed by atoms with Crippen LogP contribution in [0.5, 0.6) is 5.75 Å². The van der Waals surface area contributed by atoms with Gasteiger partial charge in [-0.2, -0.15) is 8.78 Å². The van der Waals surface area contributed by atoms with Crippen molar-refractivity contribution in [2.45, 2.75) is 26.1 Å². The molecule has 1 atom stereocenters. The van der Waals surface area contributed by atoms with Crippen LogP contribution in [0.25, 0.3) is 0 Å². The first-order chi connectivity index (χ1) is 9.88. The minimum Gasteiger partial charge on any atom is -0.433 e. The van der Waals surface area contributed by atoms with E-state index in [1.807, 2.05) is 0 Å². The number of likely N-dealkylation sites (N-methyl/N-ethyl adjacent to an activating group) is 1. The summed E-state index contributed by atoms with van der Waals surface area (Å²) >= 11 is 0. The van der Waals surface area contributed by atoms with E-state index in [4.69, 9.17) is 0 Å². The summed E-state index contributed by atoms with van der Waals surface area (Å²) in [6.07, 6.45) is 0.116. The van der Waals surface area contributed by atoms with E-state index in [-0.39, 0.29) is 23.9 Å². The van der Waals surface area contributed by atoms with Crippen LogP contribution in [0.4, 0.5) is 14.5 Å². The predicted octanol–water partition coefficient (Wildman–Crippen LogP) is 1.93. The number of rotatable bonds is 8. The number of para-hydroxylation sites is 2. The number of anilines is 1. The molecule has 0 saturated carbocycles. The molecule has 0 aliphatic heterocycles. The molecule has 1 aromatic rings. The Kier molecular flexibility index (Phi) is 7.04. The summed E-state index contributed by atoms with van der Waals surface area (Å²) in [6.45, 7) is -0.626. The third kappa shape index (κ3) is 7.01. The number of halogens is 2. The second kappa shape index (κ2) is 8.53. The number of amides is 1. The number of aliphatic hydroxyl groups is 1. The molecule has 0 saturated heterocycles. The molecule has 0 spiro atoms. The van der Waals surface area contributed by atoms with E-state index in [0.29, 0.717) is 13.0 Å². The van der Waals surface area contributed by atoms with Crippen molar-refractivity contribution >= 4 is 11.6 Å². The van der Waals surface area contributed by atoms with Gasteiger partial charge >= 0.3 is 6.61 Å². The van der Waals surface area contributed by atoms with Gasteiger partial charge in [-0.25, -0.2) is 0 Å². The number of hydrogen-bond acceptors (Lipinski definition) is 4. The van der Waals surface area contributed by atoms with Crippen molar-refractivity contribution in [3.8, 4) is 5.75 Å². The summed E-state index contributed by atoms with van der Waals surface area (Å²) in [4.78, 5) is 13.6. The molecule has 0 bridgehead atoms. The van der Waals surface area contributed by atoms with Crippen molar-refractivity contribution in [3.05, 3.63) is 24.3 Å². The summed E-state index contributed by atoms with van der Waals surface area (Å²) in [5, 5.41) is 11.7. The first-order valence-corrected chi connectivity index (χ1v) is 6.58. The van der Waals surface area contributed by atoms with E-state index in [1.54, 1.807) is 31.0 Å². The van der Waals surface area contributed by atoms with Gasteiger partial charge in [0.25, 0.3) is 0 Å². The van der Waals surface area contributed by atoms with E-state index in [1.165, 1.54) is 12.1 Å². The zero-order valence-electron chi connectivity index (χ0n) is 12.1. The molecule has 7 heteroatoms. The Morgan fingerprint density at radius 3 is 2.71 bits per heavy atom. The number of carbonyl (C=O) groups is 1. The molecule has 2 N–H and O–H groups in total. The highest BCUT2D eigenvalue weighted by molar-refractivity contribution is 5.93. The average molecular weight is 302 g/mol. The molecule has 0 heterocycles. The Morgan fingerprint density at radius 1 is 1.43 bits per heavy atom. The highest BCUT2D eigenvalue weighted by atomic mass is 19.3. The van der Waals surface area contributed by atoms with Crippen LogP contribution in [0.3, 0.4) is 0 Å². The molecule has 5 nitrogen and oxygen atoms in total. The van der Waals surface area contributed by atoms with Gasteiger partial charge in [-0.15, -0.1) is 0 Å². The fraction of sp³-hybridized carbons (Fsp3) is 0.500. The number of ether oxygens (including phenoxy) is 1. The van der Waals surface area contributed by atoms with Crippen LogP contribution in [-0.2, 0) is 4.79 Å². The molecule has 0 radical (unpaired) electrons. The molecule has 1 amide bonds. The third-order valence-electron chi connectivity index (χ3n) is 2.72. The minimum atomic E-state index is -2.95. The van der Waals surface area contributed by atoms with Crippen LogP contribution >= 0.6 is 0 Å². The molecule has 0 aliphatic rings. The summed E-state index contributed by atoms with van der Waals surface area (Å²) in [5.74, 6) is -0.416. The Balaban J connectivity index is 2.54. The van der Waals surface area contributed by atoms with Crippen molar-refractivity contribution in [1.29, 1.82) is 0 Å². The summed E-state index contributed by atoms with van der Waals surface area (Å²) in [5.41, 5.74) is 0.201. The van der Waals surface area contributed by atoms with Gasteiger partial charge in [0.05, 0.1) is 18.3 Å². The lowest BCUT2D eigenvalue weighted by atomic mass is 10.2. The SMILES string of the molecule is CC(O)CCN(C)CC(=O)Nc1ccccc1OC(F)F. The second-order valence-corrected chi connectivity index (χ2v) is 4.80. The number of aliphatic hydroxyl groups excluding tert-OH is 1. The molecular weight excluding hydrogens is 282 g/mol. The second-order valence-electron chi connectivity index (χ2n) is 4.80. The van der Waals surface area contributed by atoms with Crippen molar-refractivity contribution in [2.24, 2.45) is 0 Å². The van der Waals surface area contributed by atoms with Crippen LogP contribution in [0.2, 0.25) is 0 Å². The van der Waals surface area contributed by atoms with Gasteiger partial charge in [0.2, 0.25) is 5.91 Å². The lowest BCUT2D eigenvalue weighted by Gasteiger charge is -2.18. The minimum absolute atomic E-state index is 0.0764. The third-order valence-corrected chi connectivity index (χ3v) is 2.72. The lowest BCUT2D eigenvalue weighted by Crippen LogP contribution is -2.32. The van der Waals surface area contributed by atoms with Crippen LogP contribution in [0.15, 0.2) is 24.3 Å². The van der Waals surface area contributed by atoms with Crippen LogP contribution < -0.4 is 10.1 Å². The molecular formula is C14H20F2N2O3. The van der Waals surface area contributed by atoms with E-state index < -0.39 is 12.7 Å². The Hall–Kier alpha value is -1.73. The zero-order chi connectivity index (χ0) is 15.8. The molecule has 118 valence electrons. The molecule has 21 heavy (non-hydrogen) atoms. The normalized spacial score (nSPS) is 12.5. The molecule has 0 aliphatic carbocycles. The molecule has 1 aromatic carbocycles. The van der Waals surface area contributed by atoms with Gasteiger partial charge in [0, 0.05) is 6.54 Å². The highest BCUT2D eigenvalue weighted by Crippen LogP contribution is 2.25. The standard InChI is InChI=1S/C14H20F2N2O3/c1-10(19)7-8-18(2)9-13(20)17-11-5-3-4-6-12(11)21-14(15)16/h3-6,10,14,19H,7-9H2,1-2H3,(H,17,20). The summed E-state index contributed by atoms with van der Waals surface area (Å²) in [6, 6.07) is 6.01. The topological polar surface area (TPSA) is 61.8 Å².